The van der Waals surface area contributed by atoms with Crippen LogP contribution in [-0.2, 0) is 10.8 Å². The van der Waals surface area contributed by atoms with Crippen molar-refractivity contribution in [3.63, 3.8) is 0 Å². The van der Waals surface area contributed by atoms with E-state index in [0.717, 1.165) is 0 Å². The van der Waals surface area contributed by atoms with Gasteiger partial charge in [-0.1, -0.05) is 154 Å². The van der Waals surface area contributed by atoms with E-state index in [-0.39, 0.29) is 10.8 Å². The van der Waals surface area contributed by atoms with Gasteiger partial charge in [0.15, 0.2) is 0 Å². The smallest absolute Gasteiger partial charge is 0.0146 e. The van der Waals surface area contributed by atoms with E-state index in [9.17, 15) is 0 Å². The molecule has 0 saturated heterocycles. The second-order valence-corrected chi connectivity index (χ2v) is 8.06. The second kappa shape index (κ2) is 13.9. The monoisotopic (exact) mass is 418 g/mol. The molecule has 0 unspecified atom stereocenters. The van der Waals surface area contributed by atoms with Crippen molar-refractivity contribution in [3.05, 3.63) is 107 Å². The molecule has 0 nitrogen and oxygen atoms in total. The SMILES string of the molecule is CC.CC.CC.Cc1ccc(C(C)(C)c2cccc(C(C)(C)c3ccccc3)c2)cc1. The van der Waals surface area contributed by atoms with E-state index in [1.165, 1.54) is 27.8 Å². The Hall–Kier alpha value is -2.34. The molecule has 0 amide bonds. The summed E-state index contributed by atoms with van der Waals surface area (Å²) >= 11 is 0. The van der Waals surface area contributed by atoms with E-state index >= 15 is 0 Å². The lowest BCUT2D eigenvalue weighted by atomic mass is 9.73. The van der Waals surface area contributed by atoms with Crippen LogP contribution >= 0.6 is 0 Å². The van der Waals surface area contributed by atoms with Gasteiger partial charge in [-0.3, -0.25) is 0 Å². The molecule has 3 aromatic rings. The standard InChI is InChI=1S/C25H28.3C2H6/c1-19-14-16-21(17-15-19)25(4,5)23-13-9-12-22(18-23)24(2,3)20-10-7-6-8-11-20;3*1-2/h6-18H,1-5H3;3*1-2H3. The molecule has 3 aromatic carbocycles. The Labute approximate surface area is 193 Å². The lowest BCUT2D eigenvalue weighted by molar-refractivity contribution is 0.617. The molecule has 0 N–H and O–H groups in total. The summed E-state index contributed by atoms with van der Waals surface area (Å²) in [6.45, 7) is 23.4. The third-order valence-corrected chi connectivity index (χ3v) is 5.57. The van der Waals surface area contributed by atoms with Crippen molar-refractivity contribution in [1.29, 1.82) is 0 Å². The Kier molecular flexibility index (Phi) is 12.8. The van der Waals surface area contributed by atoms with E-state index in [0.29, 0.717) is 0 Å². The van der Waals surface area contributed by atoms with Crippen LogP contribution in [0.15, 0.2) is 78.9 Å². The summed E-state index contributed by atoms with van der Waals surface area (Å²) in [6.07, 6.45) is 0. The van der Waals surface area contributed by atoms with Crippen LogP contribution in [0.3, 0.4) is 0 Å². The molecule has 0 heteroatoms. The first-order valence-corrected chi connectivity index (χ1v) is 12.1. The maximum atomic E-state index is 2.38. The van der Waals surface area contributed by atoms with Crippen molar-refractivity contribution in [2.45, 2.75) is 87.0 Å². The highest BCUT2D eigenvalue weighted by atomic mass is 14.3. The zero-order valence-electron chi connectivity index (χ0n) is 22.0. The van der Waals surface area contributed by atoms with Crippen LogP contribution in [0, 0.1) is 6.92 Å². The molecule has 0 bridgehead atoms. The predicted molar refractivity (Wildman–Crippen MR) is 142 cm³/mol. The molecule has 0 saturated carbocycles. The molecular weight excluding hydrogens is 372 g/mol. The zero-order chi connectivity index (χ0) is 24.1. The van der Waals surface area contributed by atoms with Crippen LogP contribution in [0.25, 0.3) is 0 Å². The lowest BCUT2D eigenvalue weighted by Crippen LogP contribution is -2.22. The molecule has 0 atom stereocenters. The van der Waals surface area contributed by atoms with Crippen molar-refractivity contribution in [1.82, 2.24) is 0 Å². The van der Waals surface area contributed by atoms with Gasteiger partial charge < -0.3 is 0 Å². The molecule has 170 valence electrons. The maximum Gasteiger partial charge on any atom is 0.0146 e. The van der Waals surface area contributed by atoms with Gasteiger partial charge in [-0.15, -0.1) is 0 Å². The van der Waals surface area contributed by atoms with E-state index < -0.39 is 0 Å². The van der Waals surface area contributed by atoms with Crippen LogP contribution in [-0.4, -0.2) is 0 Å². The fourth-order valence-electron chi connectivity index (χ4n) is 3.46. The lowest BCUT2D eigenvalue weighted by Gasteiger charge is -2.31. The van der Waals surface area contributed by atoms with Gasteiger partial charge >= 0.3 is 0 Å². The molecule has 0 aromatic heterocycles. The minimum Gasteiger partial charge on any atom is -0.0683 e. The quantitative estimate of drug-likeness (QED) is 0.395. The van der Waals surface area contributed by atoms with Gasteiger partial charge in [-0.05, 0) is 29.2 Å². The van der Waals surface area contributed by atoms with E-state index in [4.69, 9.17) is 0 Å². The summed E-state index contributed by atoms with van der Waals surface area (Å²) < 4.78 is 0. The highest BCUT2D eigenvalue weighted by molar-refractivity contribution is 5.44. The Bertz CT molecular complexity index is 837. The van der Waals surface area contributed by atoms with E-state index in [1.54, 1.807) is 0 Å². The van der Waals surface area contributed by atoms with Crippen LogP contribution in [0.5, 0.6) is 0 Å². The summed E-state index contributed by atoms with van der Waals surface area (Å²) in [5, 5.41) is 0. The van der Waals surface area contributed by atoms with Crippen LogP contribution in [0.1, 0.15) is 97.1 Å². The summed E-state index contributed by atoms with van der Waals surface area (Å²) in [4.78, 5) is 0. The Morgan fingerprint density at radius 1 is 0.419 bits per heavy atom. The van der Waals surface area contributed by atoms with Crippen LogP contribution in [0.2, 0.25) is 0 Å². The maximum absolute atomic E-state index is 2.38. The Morgan fingerprint density at radius 2 is 0.774 bits per heavy atom. The fourth-order valence-corrected chi connectivity index (χ4v) is 3.46. The second-order valence-electron chi connectivity index (χ2n) is 8.06. The molecule has 0 fully saturated rings. The number of benzene rings is 3. The highest BCUT2D eigenvalue weighted by Gasteiger charge is 2.27. The largest absolute Gasteiger partial charge is 0.0683 e. The summed E-state index contributed by atoms with van der Waals surface area (Å²) in [6, 6.07) is 28.8. The number of hydrogen-bond acceptors (Lipinski definition) is 0. The molecule has 0 radical (unpaired) electrons. The highest BCUT2D eigenvalue weighted by Crippen LogP contribution is 2.36. The van der Waals surface area contributed by atoms with Gasteiger partial charge in [-0.2, -0.15) is 0 Å². The van der Waals surface area contributed by atoms with Crippen LogP contribution < -0.4 is 0 Å². The van der Waals surface area contributed by atoms with E-state index in [1.807, 2.05) is 41.5 Å². The first-order valence-electron chi connectivity index (χ1n) is 12.1. The predicted octanol–water partition coefficient (Wildman–Crippen LogP) is 9.73. The average Bonchev–Trinajstić information content (AvgIpc) is 2.84. The van der Waals surface area contributed by atoms with Crippen molar-refractivity contribution in [2.24, 2.45) is 0 Å². The Balaban J connectivity index is 0.00000138. The number of hydrogen-bond donors (Lipinski definition) is 0. The normalized spacial score (nSPS) is 10.4. The molecule has 31 heavy (non-hydrogen) atoms. The van der Waals surface area contributed by atoms with Crippen molar-refractivity contribution >= 4 is 0 Å². The van der Waals surface area contributed by atoms with Gasteiger partial charge in [0.1, 0.15) is 0 Å². The van der Waals surface area contributed by atoms with Crippen molar-refractivity contribution in [3.8, 4) is 0 Å². The van der Waals surface area contributed by atoms with Gasteiger partial charge in [0.25, 0.3) is 0 Å². The summed E-state index contributed by atoms with van der Waals surface area (Å²) in [5.41, 5.74) is 6.69. The topological polar surface area (TPSA) is 0 Å². The first kappa shape index (κ1) is 28.7. The molecule has 0 spiro atoms. The molecule has 3 rings (SSSR count). The zero-order valence-corrected chi connectivity index (χ0v) is 22.0. The summed E-state index contributed by atoms with van der Waals surface area (Å²) in [5.74, 6) is 0. The minimum absolute atomic E-state index is 0.0133. The van der Waals surface area contributed by atoms with E-state index in [2.05, 4.69) is 113 Å². The first-order chi connectivity index (χ1) is 14.8. The number of aryl methyl sites for hydroxylation is 1. The van der Waals surface area contributed by atoms with Crippen molar-refractivity contribution < 1.29 is 0 Å². The Morgan fingerprint density at radius 3 is 1.19 bits per heavy atom. The summed E-state index contributed by atoms with van der Waals surface area (Å²) in [7, 11) is 0. The molecule has 0 aliphatic rings. The third-order valence-electron chi connectivity index (χ3n) is 5.57. The molecular formula is C31H46. The van der Waals surface area contributed by atoms with Gasteiger partial charge in [0.05, 0.1) is 0 Å². The van der Waals surface area contributed by atoms with Crippen molar-refractivity contribution in [2.75, 3.05) is 0 Å². The van der Waals surface area contributed by atoms with Gasteiger partial charge in [-0.25, -0.2) is 0 Å². The molecule has 0 heterocycles. The molecule has 0 aliphatic heterocycles. The third kappa shape index (κ3) is 7.39. The average molecular weight is 419 g/mol. The van der Waals surface area contributed by atoms with Gasteiger partial charge in [0.2, 0.25) is 0 Å². The van der Waals surface area contributed by atoms with Gasteiger partial charge in [0, 0.05) is 10.8 Å². The minimum atomic E-state index is -0.0174. The van der Waals surface area contributed by atoms with Crippen LogP contribution in [0.4, 0.5) is 0 Å². The molecule has 0 aliphatic carbocycles. The number of rotatable bonds is 4. The fraction of sp³-hybridized carbons (Fsp3) is 0.419.